The van der Waals surface area contributed by atoms with Crippen molar-refractivity contribution in [2.75, 3.05) is 27.4 Å². The Kier molecular flexibility index (Phi) is 13.3. The molecule has 5 unspecified atom stereocenters. The molecule has 3 aliphatic heterocycles. The fourth-order valence-corrected chi connectivity index (χ4v) is 7.48. The number of hydrogen-bond donors (Lipinski definition) is 1. The third kappa shape index (κ3) is 8.69. The van der Waals surface area contributed by atoms with Crippen molar-refractivity contribution in [3.63, 3.8) is 0 Å². The first-order valence-corrected chi connectivity index (χ1v) is 16.8. The van der Waals surface area contributed by atoms with Gasteiger partial charge in [0.25, 0.3) is 0 Å². The molecule has 0 saturated carbocycles. The number of thioether (sulfide) groups is 1. The zero-order chi connectivity index (χ0) is 35.2. The fraction of sp³-hybridized carbons (Fsp3) is 0.742. The number of amides is 3. The van der Waals surface area contributed by atoms with Crippen LogP contribution in [0.25, 0.3) is 0 Å². The van der Waals surface area contributed by atoms with E-state index in [0.29, 0.717) is 24.2 Å². The summed E-state index contributed by atoms with van der Waals surface area (Å²) in [5.74, 6) is -3.38. The number of likely N-dealkylation sites (tertiary alicyclic amines) is 1. The molecule has 3 aliphatic rings. The minimum atomic E-state index is -1.34. The first kappa shape index (κ1) is 37.9. The highest BCUT2D eigenvalue weighted by atomic mass is 32.2. The number of ether oxygens (including phenoxy) is 5. The van der Waals surface area contributed by atoms with Gasteiger partial charge >= 0.3 is 24.2 Å². The van der Waals surface area contributed by atoms with E-state index in [1.54, 1.807) is 14.1 Å². The smallest absolute Gasteiger partial charge is 0.431 e. The minimum Gasteiger partial charge on any atom is -0.431 e. The second-order valence-corrected chi connectivity index (χ2v) is 13.4. The Morgan fingerprint density at radius 2 is 1.68 bits per heavy atom. The molecule has 2 saturated heterocycles. The summed E-state index contributed by atoms with van der Waals surface area (Å²) >= 11 is 1.23. The lowest BCUT2D eigenvalue weighted by atomic mass is 9.79. The van der Waals surface area contributed by atoms with E-state index in [4.69, 9.17) is 23.7 Å². The predicted molar refractivity (Wildman–Crippen MR) is 167 cm³/mol. The van der Waals surface area contributed by atoms with Crippen molar-refractivity contribution in [1.82, 2.24) is 14.7 Å². The number of esters is 2. The molecule has 0 aromatic carbocycles. The van der Waals surface area contributed by atoms with E-state index < -0.39 is 78.5 Å². The van der Waals surface area contributed by atoms with Crippen molar-refractivity contribution < 1.29 is 57.6 Å². The first-order valence-electron chi connectivity index (χ1n) is 16.0. The molecule has 3 heterocycles. The van der Waals surface area contributed by atoms with Gasteiger partial charge in [-0.3, -0.25) is 19.3 Å². The number of nitrogens with zero attached hydrogens (tertiary/aromatic N) is 3. The number of likely N-dealkylation sites (N-methyl/N-ethyl adjacent to an activating group) is 1. The summed E-state index contributed by atoms with van der Waals surface area (Å²) in [7, 11) is 3.12. The van der Waals surface area contributed by atoms with Crippen molar-refractivity contribution >= 4 is 47.8 Å². The Hall–Kier alpha value is -3.53. The van der Waals surface area contributed by atoms with Gasteiger partial charge < -0.3 is 38.6 Å². The van der Waals surface area contributed by atoms with Gasteiger partial charge in [-0.1, -0.05) is 27.7 Å². The van der Waals surface area contributed by atoms with Gasteiger partial charge in [0.05, 0.1) is 18.1 Å². The van der Waals surface area contributed by atoms with E-state index in [9.17, 15) is 33.9 Å². The van der Waals surface area contributed by atoms with E-state index >= 15 is 0 Å². The van der Waals surface area contributed by atoms with E-state index in [1.807, 2.05) is 27.7 Å². The number of fused-ring (bicyclic) bond motifs is 1. The van der Waals surface area contributed by atoms with Gasteiger partial charge in [0.15, 0.2) is 0 Å². The number of carbonyl (C=O) groups excluding carboxylic acids is 6. The summed E-state index contributed by atoms with van der Waals surface area (Å²) in [6, 6.07) is -1.42. The van der Waals surface area contributed by atoms with Crippen LogP contribution in [0.3, 0.4) is 0 Å². The molecule has 0 bridgehead atoms. The van der Waals surface area contributed by atoms with E-state index in [-0.39, 0.29) is 37.1 Å². The third-order valence-electron chi connectivity index (χ3n) is 8.38. The molecule has 1 N–H and O–H groups in total. The molecule has 16 heteroatoms. The van der Waals surface area contributed by atoms with Gasteiger partial charge in [0, 0.05) is 50.1 Å². The van der Waals surface area contributed by atoms with E-state index in [0.717, 1.165) is 0 Å². The van der Waals surface area contributed by atoms with Crippen molar-refractivity contribution in [2.24, 2.45) is 11.8 Å². The van der Waals surface area contributed by atoms with Crippen molar-refractivity contribution in [2.45, 2.75) is 109 Å². The average molecular weight is 686 g/mol. The molecule has 0 radical (unpaired) electrons. The highest BCUT2D eigenvalue weighted by Gasteiger charge is 2.61. The summed E-state index contributed by atoms with van der Waals surface area (Å²) in [4.78, 5) is 81.2. The summed E-state index contributed by atoms with van der Waals surface area (Å²) in [6.45, 7) is 9.65. The first-order chi connectivity index (χ1) is 22.2. The lowest BCUT2D eigenvalue weighted by Crippen LogP contribution is -2.63. The monoisotopic (exact) mass is 685 g/mol. The van der Waals surface area contributed by atoms with Gasteiger partial charge in [-0.2, -0.15) is 0 Å². The van der Waals surface area contributed by atoms with Crippen LogP contribution in [0.2, 0.25) is 0 Å². The average Bonchev–Trinajstić information content (AvgIpc) is 3.52. The van der Waals surface area contributed by atoms with Crippen LogP contribution in [0.15, 0.2) is 10.6 Å². The second kappa shape index (κ2) is 16.5. The normalized spacial score (nSPS) is 24.7. The van der Waals surface area contributed by atoms with E-state index in [1.165, 1.54) is 40.3 Å². The quantitative estimate of drug-likeness (QED) is 0.122. The number of aliphatic hydroxyl groups is 1. The number of rotatable bonds is 14. The predicted octanol–water partition coefficient (Wildman–Crippen LogP) is 2.99. The lowest BCUT2D eigenvalue weighted by Gasteiger charge is -2.46. The Labute approximate surface area is 279 Å². The lowest BCUT2D eigenvalue weighted by molar-refractivity contribution is -0.174. The van der Waals surface area contributed by atoms with E-state index in [2.05, 4.69) is 0 Å². The molecule has 0 aromatic heterocycles. The number of aliphatic hydroxyl groups excluding tert-OH is 1. The number of β-lactam (4-membered cyclic amide) rings is 1. The van der Waals surface area contributed by atoms with Crippen LogP contribution < -0.4 is 0 Å². The maximum absolute atomic E-state index is 13.6. The number of hydrogen-bond acceptors (Lipinski definition) is 13. The molecule has 0 aliphatic carbocycles. The standard InChI is InChI=1S/C31H47N3O12S/c1-9-12-22(36)42-15-43-30(40)33-14-20(13-21(33)27(37)32(7)8)47-26-16(4)24-23(17(5)35)28(38)34(24)25(26)29(39)44-18(6)45-31(41)46-19(10-2)11-3/h16-21,23-24,35H,9-15H2,1-8H3/t16-,17-,18?,20?,21?,23?,24?/m1/s1. The summed E-state index contributed by atoms with van der Waals surface area (Å²) < 4.78 is 25.9. The topological polar surface area (TPSA) is 179 Å². The Balaban J connectivity index is 1.83. The summed E-state index contributed by atoms with van der Waals surface area (Å²) in [5.41, 5.74) is -0.0439. The Bertz CT molecular complexity index is 1240. The summed E-state index contributed by atoms with van der Waals surface area (Å²) in [6.07, 6.45) is -2.41. The molecular weight excluding hydrogens is 638 g/mol. The van der Waals surface area contributed by atoms with Gasteiger partial charge in [0.1, 0.15) is 17.8 Å². The largest absolute Gasteiger partial charge is 0.511 e. The molecule has 0 aromatic rings. The maximum atomic E-state index is 13.6. The Morgan fingerprint density at radius 3 is 2.26 bits per heavy atom. The highest BCUT2D eigenvalue weighted by molar-refractivity contribution is 8.03. The van der Waals surface area contributed by atoms with Gasteiger partial charge in [0.2, 0.25) is 24.9 Å². The van der Waals surface area contributed by atoms with Crippen molar-refractivity contribution in [3.8, 4) is 0 Å². The van der Waals surface area contributed by atoms with Crippen molar-refractivity contribution in [1.29, 1.82) is 0 Å². The molecule has 3 rings (SSSR count). The van der Waals surface area contributed by atoms with Gasteiger partial charge in [-0.05, 0) is 32.6 Å². The van der Waals surface area contributed by atoms with Crippen LogP contribution in [-0.2, 0) is 42.9 Å². The molecule has 7 atom stereocenters. The van der Waals surface area contributed by atoms with Crippen LogP contribution in [0.1, 0.15) is 73.6 Å². The van der Waals surface area contributed by atoms with Crippen LogP contribution in [0, 0.1) is 11.8 Å². The van der Waals surface area contributed by atoms with Crippen LogP contribution in [-0.4, -0.2) is 119 Å². The number of carbonyl (C=O) groups is 6. The Morgan fingerprint density at radius 1 is 1.02 bits per heavy atom. The molecular formula is C31H47N3O12S. The second-order valence-electron chi connectivity index (χ2n) is 12.0. The van der Waals surface area contributed by atoms with Gasteiger partial charge in [-0.15, -0.1) is 11.8 Å². The summed E-state index contributed by atoms with van der Waals surface area (Å²) in [5, 5.41) is 9.93. The molecule has 15 nitrogen and oxygen atoms in total. The maximum Gasteiger partial charge on any atom is 0.511 e. The van der Waals surface area contributed by atoms with Crippen LogP contribution in [0.5, 0.6) is 0 Å². The SMILES string of the molecule is CCCC(=O)OCOC(=O)N1CC(SC2=C(C(=O)OC(C)OC(=O)OC(CC)CC)N3C(=O)C([C@@H](C)O)C3[C@H]2C)CC1C(=O)N(C)C. The molecule has 2 fully saturated rings. The zero-order valence-electron chi connectivity index (χ0n) is 28.3. The van der Waals surface area contributed by atoms with Crippen molar-refractivity contribution in [3.05, 3.63) is 10.6 Å². The van der Waals surface area contributed by atoms with Crippen LogP contribution >= 0.6 is 11.8 Å². The van der Waals surface area contributed by atoms with Gasteiger partial charge in [-0.25, -0.2) is 14.4 Å². The molecule has 264 valence electrons. The zero-order valence-corrected chi connectivity index (χ0v) is 29.1. The molecule has 47 heavy (non-hydrogen) atoms. The molecule has 3 amide bonds. The fourth-order valence-electron chi connectivity index (χ4n) is 5.96. The molecule has 0 spiro atoms. The third-order valence-corrected chi connectivity index (χ3v) is 9.88. The highest BCUT2D eigenvalue weighted by Crippen LogP contribution is 2.52. The van der Waals surface area contributed by atoms with Crippen LogP contribution in [0.4, 0.5) is 9.59 Å². The minimum absolute atomic E-state index is 0.0439.